The van der Waals surface area contributed by atoms with E-state index >= 15 is 0 Å². The van der Waals surface area contributed by atoms with Gasteiger partial charge in [0.1, 0.15) is 10.7 Å². The number of nitrogens with one attached hydrogen (secondary N) is 1. The maximum absolute atomic E-state index is 13.3. The maximum Gasteiger partial charge on any atom is 0.259 e. The van der Waals surface area contributed by atoms with Gasteiger partial charge in [0.05, 0.1) is 27.7 Å². The van der Waals surface area contributed by atoms with Crippen molar-refractivity contribution >= 4 is 38.6 Å². The Balaban J connectivity index is 1.38. The van der Waals surface area contributed by atoms with E-state index in [0.29, 0.717) is 34.8 Å². The van der Waals surface area contributed by atoms with Gasteiger partial charge in [-0.15, -0.1) is 11.3 Å². The molecule has 0 atom stereocenters. The van der Waals surface area contributed by atoms with Crippen LogP contribution < -0.4 is 5.32 Å². The number of thiazole rings is 1. The van der Waals surface area contributed by atoms with Crippen molar-refractivity contribution in [3.63, 3.8) is 0 Å². The summed E-state index contributed by atoms with van der Waals surface area (Å²) in [4.78, 5) is 22.6. The van der Waals surface area contributed by atoms with Crippen LogP contribution in [0.3, 0.4) is 0 Å². The molecule has 152 valence electrons. The number of nitrogens with zero attached hydrogens (tertiary/aromatic N) is 3. The summed E-state index contributed by atoms with van der Waals surface area (Å²) in [5, 5.41) is 8.81. The van der Waals surface area contributed by atoms with E-state index in [2.05, 4.69) is 20.4 Å². The highest BCUT2D eigenvalue weighted by atomic mass is 32.1. The summed E-state index contributed by atoms with van der Waals surface area (Å²) in [6, 6.07) is 19.6. The molecule has 1 fully saturated rings. The van der Waals surface area contributed by atoms with Crippen LogP contribution in [0.1, 0.15) is 39.8 Å². The normalized spacial score (nSPS) is 13.7. The van der Waals surface area contributed by atoms with Crippen LogP contribution in [0.25, 0.3) is 32.6 Å². The fraction of sp³-hybridized carbons (Fsp3) is 0.167. The third-order valence-corrected chi connectivity index (χ3v) is 6.53. The molecule has 7 heteroatoms. The summed E-state index contributed by atoms with van der Waals surface area (Å²) in [7, 11) is 0. The molecule has 0 unspecified atom stereocenters. The number of aromatic nitrogens is 3. The van der Waals surface area contributed by atoms with Crippen LogP contribution in [0.2, 0.25) is 0 Å². The largest absolute Gasteiger partial charge is 0.345 e. The molecule has 3 heterocycles. The van der Waals surface area contributed by atoms with Crippen LogP contribution in [-0.4, -0.2) is 21.0 Å². The van der Waals surface area contributed by atoms with E-state index in [0.717, 1.165) is 39.3 Å². The minimum Gasteiger partial charge on any atom is -0.345 e. The fourth-order valence-corrected chi connectivity index (χ4v) is 4.68. The molecule has 0 bridgehead atoms. The lowest BCUT2D eigenvalue weighted by Crippen LogP contribution is -2.23. The average molecular weight is 427 g/mol. The number of carbonyl (C=O) groups excluding carboxylic acids is 1. The van der Waals surface area contributed by atoms with Crippen molar-refractivity contribution in [2.45, 2.75) is 25.3 Å². The monoisotopic (exact) mass is 426 g/mol. The average Bonchev–Trinajstić information content (AvgIpc) is 3.44. The number of pyridine rings is 1. The standard InChI is InChI=1S/C24H18N4O2S/c29-23(25-13-20-26-17-8-4-5-9-19(17)31-20)16-12-18(14-10-11-14)27-24-21(16)22(28-30-24)15-6-2-1-3-7-15/h1-9,12,14H,10-11,13H2,(H,25,29). The molecule has 0 aliphatic heterocycles. The second kappa shape index (κ2) is 7.28. The highest BCUT2D eigenvalue weighted by molar-refractivity contribution is 7.18. The summed E-state index contributed by atoms with van der Waals surface area (Å²) < 4.78 is 6.67. The molecule has 1 amide bonds. The Morgan fingerprint density at radius 1 is 1.06 bits per heavy atom. The van der Waals surface area contributed by atoms with Crippen LogP contribution in [0, 0.1) is 0 Å². The van der Waals surface area contributed by atoms with Crippen LogP contribution in [0.15, 0.2) is 65.2 Å². The number of hydrogen-bond acceptors (Lipinski definition) is 6. The fourth-order valence-electron chi connectivity index (χ4n) is 3.78. The van der Waals surface area contributed by atoms with E-state index in [4.69, 9.17) is 4.52 Å². The number of rotatable bonds is 5. The molecule has 0 saturated heterocycles. The molecule has 1 saturated carbocycles. The Kier molecular flexibility index (Phi) is 4.28. The van der Waals surface area contributed by atoms with E-state index in [1.54, 1.807) is 11.3 Å². The lowest BCUT2D eigenvalue weighted by molar-refractivity contribution is 0.0952. The zero-order valence-corrected chi connectivity index (χ0v) is 17.4. The summed E-state index contributed by atoms with van der Waals surface area (Å²) in [6.45, 7) is 0.368. The predicted molar refractivity (Wildman–Crippen MR) is 120 cm³/mol. The van der Waals surface area contributed by atoms with E-state index in [1.165, 1.54) is 0 Å². The Labute approximate surface area is 181 Å². The first-order chi connectivity index (χ1) is 15.3. The number of amides is 1. The van der Waals surface area contributed by atoms with Crippen molar-refractivity contribution in [1.29, 1.82) is 0 Å². The molecule has 1 aliphatic carbocycles. The van der Waals surface area contributed by atoms with E-state index < -0.39 is 0 Å². The Hall–Kier alpha value is -3.58. The highest BCUT2D eigenvalue weighted by Gasteiger charge is 2.29. The van der Waals surface area contributed by atoms with Crippen LogP contribution in [0.5, 0.6) is 0 Å². The molecule has 5 aromatic rings. The van der Waals surface area contributed by atoms with E-state index in [9.17, 15) is 4.79 Å². The van der Waals surface area contributed by atoms with Gasteiger partial charge in [0, 0.05) is 17.2 Å². The minimum atomic E-state index is -0.172. The van der Waals surface area contributed by atoms with Crippen LogP contribution in [-0.2, 0) is 6.54 Å². The van der Waals surface area contributed by atoms with Gasteiger partial charge in [0.25, 0.3) is 11.6 Å². The Morgan fingerprint density at radius 2 is 1.87 bits per heavy atom. The van der Waals surface area contributed by atoms with Gasteiger partial charge in [-0.25, -0.2) is 9.97 Å². The van der Waals surface area contributed by atoms with Gasteiger partial charge in [0.2, 0.25) is 0 Å². The first-order valence-electron chi connectivity index (χ1n) is 10.2. The van der Waals surface area contributed by atoms with Crippen molar-refractivity contribution in [3.8, 4) is 11.3 Å². The van der Waals surface area contributed by atoms with Gasteiger partial charge >= 0.3 is 0 Å². The third-order valence-electron chi connectivity index (χ3n) is 5.49. The number of hydrogen-bond donors (Lipinski definition) is 1. The third kappa shape index (κ3) is 3.37. The summed E-state index contributed by atoms with van der Waals surface area (Å²) >= 11 is 1.59. The lowest BCUT2D eigenvalue weighted by atomic mass is 10.0. The SMILES string of the molecule is O=C(NCc1nc2ccccc2s1)c1cc(C2CC2)nc2onc(-c3ccccc3)c12. The number of benzene rings is 2. The molecule has 0 radical (unpaired) electrons. The van der Waals surface area contributed by atoms with E-state index in [1.807, 2.05) is 60.7 Å². The molecule has 0 spiro atoms. The summed E-state index contributed by atoms with van der Waals surface area (Å²) in [6.07, 6.45) is 2.18. The summed E-state index contributed by atoms with van der Waals surface area (Å²) in [5.74, 6) is 0.222. The van der Waals surface area contributed by atoms with Gasteiger partial charge in [-0.2, -0.15) is 0 Å². The predicted octanol–water partition coefficient (Wildman–Crippen LogP) is 5.31. The zero-order valence-electron chi connectivity index (χ0n) is 16.5. The van der Waals surface area contributed by atoms with Crippen LogP contribution in [0.4, 0.5) is 0 Å². The quantitative estimate of drug-likeness (QED) is 0.412. The molecular weight excluding hydrogens is 408 g/mol. The molecule has 31 heavy (non-hydrogen) atoms. The molecule has 3 aromatic heterocycles. The van der Waals surface area contributed by atoms with Crippen molar-refractivity contribution in [2.75, 3.05) is 0 Å². The second-order valence-corrected chi connectivity index (χ2v) is 8.82. The van der Waals surface area contributed by atoms with Gasteiger partial charge in [-0.05, 0) is 31.0 Å². The molecular formula is C24H18N4O2S. The Bertz CT molecular complexity index is 1390. The highest BCUT2D eigenvalue weighted by Crippen LogP contribution is 2.41. The van der Waals surface area contributed by atoms with Crippen LogP contribution >= 0.6 is 11.3 Å². The second-order valence-electron chi connectivity index (χ2n) is 7.70. The number of carbonyl (C=O) groups is 1. The van der Waals surface area contributed by atoms with Crippen molar-refractivity contribution < 1.29 is 9.32 Å². The lowest BCUT2D eigenvalue weighted by Gasteiger charge is -2.07. The molecule has 1 N–H and O–H groups in total. The molecule has 2 aromatic carbocycles. The topological polar surface area (TPSA) is 80.9 Å². The van der Waals surface area contributed by atoms with Gasteiger partial charge in [-0.1, -0.05) is 47.6 Å². The first-order valence-corrected chi connectivity index (χ1v) is 11.1. The van der Waals surface area contributed by atoms with Gasteiger partial charge in [0.15, 0.2) is 0 Å². The van der Waals surface area contributed by atoms with Gasteiger partial charge < -0.3 is 9.84 Å². The molecule has 6 nitrogen and oxygen atoms in total. The number of para-hydroxylation sites is 1. The maximum atomic E-state index is 13.3. The molecule has 6 rings (SSSR count). The van der Waals surface area contributed by atoms with Crippen molar-refractivity contribution in [1.82, 2.24) is 20.4 Å². The summed E-state index contributed by atoms with van der Waals surface area (Å²) in [5.41, 5.74) is 4.33. The van der Waals surface area contributed by atoms with E-state index in [-0.39, 0.29) is 5.91 Å². The smallest absolute Gasteiger partial charge is 0.259 e. The van der Waals surface area contributed by atoms with Gasteiger partial charge in [-0.3, -0.25) is 4.79 Å². The first kappa shape index (κ1) is 18.2. The van der Waals surface area contributed by atoms with Crippen molar-refractivity contribution in [3.05, 3.63) is 76.9 Å². The Morgan fingerprint density at radius 3 is 2.68 bits per heavy atom. The minimum absolute atomic E-state index is 0.172. The molecule has 1 aliphatic rings. The number of fused-ring (bicyclic) bond motifs is 2. The zero-order chi connectivity index (χ0) is 20.8. The van der Waals surface area contributed by atoms with Crippen molar-refractivity contribution in [2.24, 2.45) is 0 Å².